The predicted octanol–water partition coefficient (Wildman–Crippen LogP) is 1.84. The minimum absolute atomic E-state index is 0.0355. The number of aliphatic hydroxyl groups excluding tert-OH is 1. The zero-order chi connectivity index (χ0) is 79.4. The van der Waals surface area contributed by atoms with Crippen LogP contribution in [0.25, 0.3) is 0 Å². The average molecular weight is 1480 g/mol. The molecule has 105 heavy (non-hydrogen) atoms. The number of nitrogens with zero attached hydrogens (tertiary/aromatic N) is 1. The minimum Gasteiger partial charge on any atom is -0.458 e. The van der Waals surface area contributed by atoms with Crippen LogP contribution in [-0.2, 0) is 78.3 Å². The number of carbonyl (C=O) groups is 14. The molecule has 0 bridgehead atoms. The Balaban J connectivity index is 2.00. The van der Waals surface area contributed by atoms with Gasteiger partial charge in [0.15, 0.2) is 0 Å². The van der Waals surface area contributed by atoms with Crippen molar-refractivity contribution >= 4 is 82.8 Å². The van der Waals surface area contributed by atoms with Gasteiger partial charge in [-0.15, -0.1) is 0 Å². The summed E-state index contributed by atoms with van der Waals surface area (Å²) in [6, 6.07) is -7.67. The third kappa shape index (κ3) is 27.7. The van der Waals surface area contributed by atoms with Gasteiger partial charge in [-0.05, 0) is 112 Å². The molecule has 0 radical (unpaired) electrons. The summed E-state index contributed by atoms with van der Waals surface area (Å²) in [7, 11) is 0. The maximum absolute atomic E-state index is 15.0. The largest absolute Gasteiger partial charge is 0.458 e. The highest BCUT2D eigenvalue weighted by atomic mass is 16.5. The Morgan fingerprint density at radius 3 is 1.69 bits per heavy atom. The molecule has 2 aliphatic heterocycles. The number of nitrogens with one attached hydrogen (secondary N) is 12. The summed E-state index contributed by atoms with van der Waals surface area (Å²) in [5.41, 5.74) is 6.34. The van der Waals surface area contributed by atoms with E-state index in [0.717, 1.165) is 6.42 Å². The fraction of sp³-hybridized carbons (Fsp3) is 0.707. The van der Waals surface area contributed by atoms with Crippen LogP contribution in [0.3, 0.4) is 0 Å². The molecule has 2 heterocycles. The van der Waals surface area contributed by atoms with Crippen molar-refractivity contribution in [3.8, 4) is 0 Å². The molecular weight excluding hydrogens is 1350 g/mol. The molecule has 16 atom stereocenters. The molecular formula is C75H124N14O16. The van der Waals surface area contributed by atoms with Gasteiger partial charge in [0.1, 0.15) is 84.3 Å². The monoisotopic (exact) mass is 1480 g/mol. The average Bonchev–Trinajstić information content (AvgIpc) is 1.79. The normalized spacial score (nSPS) is 22.6. The number of aliphatic hydroxyl groups is 1. The number of rotatable bonds is 33. The molecule has 0 aromatic heterocycles. The van der Waals surface area contributed by atoms with Crippen LogP contribution in [-0.4, -0.2) is 191 Å². The van der Waals surface area contributed by atoms with Gasteiger partial charge >= 0.3 is 5.97 Å². The second kappa shape index (κ2) is 43.8. The number of cyclic esters (lactones) is 1. The van der Waals surface area contributed by atoms with Crippen molar-refractivity contribution in [3.63, 3.8) is 0 Å². The van der Waals surface area contributed by atoms with Gasteiger partial charge in [0.25, 0.3) is 5.91 Å². The van der Waals surface area contributed by atoms with E-state index >= 15 is 9.59 Å². The first-order chi connectivity index (χ1) is 49.2. The topological polar surface area (TPSA) is 442 Å². The Hall–Kier alpha value is -8.54. The Labute approximate surface area is 620 Å². The van der Waals surface area contributed by atoms with Gasteiger partial charge in [0, 0.05) is 19.4 Å². The first kappa shape index (κ1) is 90.7. The standard InChI is InChI=1S/C75H124N14O16/c1-20-44(16)59(71(100)88-62-47(19)105-75(104)58(43(14)15)84-63(92)49(22-3)77-65(94)51(37-48-30-24-23-25-31-48)79-67(96)55(40(8)9)81-70(99)60(45(17)21-2)86-73(62)102)85-64(93)50(32-27-35-76)78-66(95)52-33-28-36-89(52)74(103)57(42(12)13)83-69(98)56(41(10)11)82-72(101)61(46(18)90)87-68(97)54(39(6)7)80-53(91)34-26-29-38(4)5/h22-25,30-31,38-47,50-52,54-62,90H,20-21,26-29,32-37,76H2,1-19H3,(H,77,94)(H,78,95)(H,79,96)(H,80,91)(H,81,99)(H,82,101)(H,83,98)(H,84,92)(H,85,93)(H,86,102)(H,87,97)(H,88,100)/b49-22-/t44-,45+,46+,47-,50+,51+,52-,54+,55-,56+,57+,58+,59+,60?,61+,62-/m1/s1. The fourth-order valence-corrected chi connectivity index (χ4v) is 12.1. The van der Waals surface area contributed by atoms with E-state index < -0.39 is 203 Å². The summed E-state index contributed by atoms with van der Waals surface area (Å²) in [6.07, 6.45) is 1.02. The second-order valence-corrected chi connectivity index (χ2v) is 30.2. The molecule has 30 nitrogen and oxygen atoms in total. The van der Waals surface area contributed by atoms with Gasteiger partial charge < -0.3 is 84.3 Å². The van der Waals surface area contributed by atoms with Gasteiger partial charge in [-0.3, -0.25) is 62.3 Å². The van der Waals surface area contributed by atoms with Crippen LogP contribution in [0, 0.1) is 47.3 Å². The number of allylic oxidation sites excluding steroid dienone is 1. The molecule has 1 aromatic carbocycles. The number of hydrogen-bond donors (Lipinski definition) is 14. The van der Waals surface area contributed by atoms with Crippen molar-refractivity contribution < 1.29 is 77.0 Å². The van der Waals surface area contributed by atoms with Crippen LogP contribution in [0.2, 0.25) is 0 Å². The molecule has 2 saturated heterocycles. The summed E-state index contributed by atoms with van der Waals surface area (Å²) >= 11 is 0. The van der Waals surface area contributed by atoms with Crippen LogP contribution in [0.5, 0.6) is 0 Å². The van der Waals surface area contributed by atoms with E-state index in [-0.39, 0.29) is 63.2 Å². The van der Waals surface area contributed by atoms with Crippen LogP contribution in [0.1, 0.15) is 195 Å². The molecule has 0 aliphatic carbocycles. The van der Waals surface area contributed by atoms with Crippen molar-refractivity contribution in [2.45, 2.75) is 280 Å². The first-order valence-electron chi connectivity index (χ1n) is 37.5. The zero-order valence-electron chi connectivity index (χ0n) is 65.2. The number of esters is 1. The van der Waals surface area contributed by atoms with Crippen molar-refractivity contribution in [3.05, 3.63) is 47.7 Å². The van der Waals surface area contributed by atoms with Crippen molar-refractivity contribution in [2.24, 2.45) is 53.1 Å². The van der Waals surface area contributed by atoms with Gasteiger partial charge in [0.05, 0.1) is 6.10 Å². The molecule has 15 N–H and O–H groups in total. The fourth-order valence-electron chi connectivity index (χ4n) is 12.1. The number of likely N-dealkylation sites (tertiary alicyclic amines) is 1. The predicted molar refractivity (Wildman–Crippen MR) is 395 cm³/mol. The smallest absolute Gasteiger partial charge is 0.329 e. The summed E-state index contributed by atoms with van der Waals surface area (Å²) in [5, 5.41) is 43.2. The summed E-state index contributed by atoms with van der Waals surface area (Å²) < 4.78 is 5.96. The quantitative estimate of drug-likeness (QED) is 0.0353. The molecule has 0 spiro atoms. The van der Waals surface area contributed by atoms with Crippen LogP contribution in [0.4, 0.5) is 0 Å². The van der Waals surface area contributed by atoms with E-state index in [1.165, 1.54) is 31.7 Å². The second-order valence-electron chi connectivity index (χ2n) is 30.2. The number of carbonyl (C=O) groups excluding carboxylic acids is 14. The zero-order valence-corrected chi connectivity index (χ0v) is 65.2. The maximum Gasteiger partial charge on any atom is 0.329 e. The highest BCUT2D eigenvalue weighted by Crippen LogP contribution is 2.23. The summed E-state index contributed by atoms with van der Waals surface area (Å²) in [5.74, 6) is -15.1. The Morgan fingerprint density at radius 2 is 1.15 bits per heavy atom. The molecule has 1 unspecified atom stereocenters. The van der Waals surface area contributed by atoms with E-state index in [2.05, 4.69) is 63.8 Å². The third-order valence-electron chi connectivity index (χ3n) is 19.3. The number of benzene rings is 1. The lowest BCUT2D eigenvalue weighted by Gasteiger charge is -2.33. The van der Waals surface area contributed by atoms with Crippen molar-refractivity contribution in [1.29, 1.82) is 0 Å². The molecule has 2 aliphatic rings. The molecule has 0 saturated carbocycles. The SMILES string of the molecule is C/C=C1\NC(=O)[C@H](Cc2ccccc2)NC(=O)[C@@H](C(C)C)NC(=O)C([C@@H](C)CC)NC(=O)[C@H](NC(=O)[C@@H](NC(=O)[C@H](CCCN)NC(=O)[C@H]2CCCN2C(=O)[C@@H](NC(=O)[C@@H](NC(=O)[C@@H](NC(=O)[C@@H](NC(=O)CCCC(C)C)C(C)C)[C@H](C)O)C(C)C)C(C)C)[C@H](C)CC)[C@@H](C)OC(=O)[C@H](C(C)C)NC1=O. The Morgan fingerprint density at radius 1 is 0.610 bits per heavy atom. The van der Waals surface area contributed by atoms with Gasteiger partial charge in [-0.2, -0.15) is 0 Å². The highest BCUT2D eigenvalue weighted by molar-refractivity contribution is 6.03. The maximum atomic E-state index is 15.0. The lowest BCUT2D eigenvalue weighted by molar-refractivity contribution is -0.157. The van der Waals surface area contributed by atoms with E-state index in [9.17, 15) is 62.6 Å². The highest BCUT2D eigenvalue weighted by Gasteiger charge is 2.44. The number of hydrogen-bond acceptors (Lipinski definition) is 17. The lowest BCUT2D eigenvalue weighted by atomic mass is 9.95. The van der Waals surface area contributed by atoms with E-state index in [1.807, 2.05) is 13.8 Å². The Kier molecular flexibility index (Phi) is 37.8. The van der Waals surface area contributed by atoms with Crippen molar-refractivity contribution in [1.82, 2.24) is 68.7 Å². The van der Waals surface area contributed by atoms with E-state index in [4.69, 9.17) is 10.5 Å². The number of amides is 13. The van der Waals surface area contributed by atoms with Crippen LogP contribution < -0.4 is 69.5 Å². The number of ether oxygens (including phenoxy) is 1. The van der Waals surface area contributed by atoms with Crippen LogP contribution >= 0.6 is 0 Å². The third-order valence-corrected chi connectivity index (χ3v) is 19.3. The van der Waals surface area contributed by atoms with Gasteiger partial charge in [-0.25, -0.2) is 4.79 Å². The Bertz CT molecular complexity index is 3160. The molecule has 1 aromatic rings. The van der Waals surface area contributed by atoms with E-state index in [0.29, 0.717) is 30.7 Å². The van der Waals surface area contributed by atoms with Crippen molar-refractivity contribution in [2.75, 3.05) is 13.1 Å². The number of nitrogens with two attached hydrogens (primary N) is 1. The minimum atomic E-state index is -1.83. The lowest BCUT2D eigenvalue weighted by Crippen LogP contribution is -2.64. The van der Waals surface area contributed by atoms with Gasteiger partial charge in [0.2, 0.25) is 70.9 Å². The summed E-state index contributed by atoms with van der Waals surface area (Å²) in [4.78, 5) is 202. The summed E-state index contributed by atoms with van der Waals surface area (Å²) in [6.45, 7) is 31.8. The molecule has 3 rings (SSSR count). The molecule has 13 amide bonds. The van der Waals surface area contributed by atoms with Gasteiger partial charge in [-0.1, -0.05) is 166 Å². The molecule has 30 heteroatoms. The van der Waals surface area contributed by atoms with Crippen LogP contribution in [0.15, 0.2) is 42.1 Å². The first-order valence-corrected chi connectivity index (χ1v) is 37.5. The van der Waals surface area contributed by atoms with E-state index in [1.54, 1.807) is 127 Å². The molecule has 2 fully saturated rings. The molecule has 590 valence electrons.